The van der Waals surface area contributed by atoms with Crippen LogP contribution in [0.4, 0.5) is 10.5 Å². The molecule has 16 heteroatoms. The zero-order chi connectivity index (χ0) is 32.2. The van der Waals surface area contributed by atoms with Crippen molar-refractivity contribution in [3.05, 3.63) is 23.2 Å². The molecule has 3 heterocycles. The molecule has 2 aromatic rings. The summed E-state index contributed by atoms with van der Waals surface area (Å²) in [4.78, 5) is 54.2. The number of hydrogen-bond acceptors (Lipinski definition) is 11. The fraction of sp³-hybridized carbons (Fsp3) is 0.586. The van der Waals surface area contributed by atoms with E-state index in [4.69, 9.17) is 11.0 Å². The van der Waals surface area contributed by atoms with Gasteiger partial charge in [-0.2, -0.15) is 17.0 Å². The van der Waals surface area contributed by atoms with Crippen molar-refractivity contribution in [2.24, 2.45) is 5.73 Å². The summed E-state index contributed by atoms with van der Waals surface area (Å²) in [5.41, 5.74) is 7.30. The second kappa shape index (κ2) is 17.8. The molecule has 1 aromatic carbocycles. The number of thioether (sulfide) groups is 1. The Morgan fingerprint density at radius 2 is 2.02 bits per heavy atom. The van der Waals surface area contributed by atoms with Crippen LogP contribution < -0.4 is 32.3 Å². The van der Waals surface area contributed by atoms with Gasteiger partial charge in [0.1, 0.15) is 12.1 Å². The SMILES string of the molecule is CCSSC[C@H](N)C(=O)N[C@@H](CCCCNC(=O)CCCC[C@@H]1SC[C@H]2NC(=O)N[C@@H]12)C(=O)Nc1ccc2nc(C#N)sc2c1. The Balaban J connectivity index is 1.19. The normalized spacial score (nSPS) is 20.0. The molecule has 0 unspecified atom stereocenters. The summed E-state index contributed by atoms with van der Waals surface area (Å²) in [5, 5.41) is 24.5. The number of fused-ring (bicyclic) bond motifs is 2. The number of anilines is 1. The molecule has 0 aliphatic carbocycles. The van der Waals surface area contributed by atoms with E-state index in [2.05, 4.69) is 31.6 Å². The molecule has 1 aromatic heterocycles. The molecule has 2 saturated heterocycles. The Bertz CT molecular complexity index is 1390. The number of urea groups is 1. The molecule has 0 spiro atoms. The van der Waals surface area contributed by atoms with E-state index in [1.54, 1.807) is 29.0 Å². The first-order chi connectivity index (χ1) is 21.8. The quantitative estimate of drug-likeness (QED) is 0.0768. The number of nitriles is 1. The highest BCUT2D eigenvalue weighted by molar-refractivity contribution is 8.76. The van der Waals surface area contributed by atoms with E-state index in [0.717, 1.165) is 35.5 Å². The Labute approximate surface area is 279 Å². The van der Waals surface area contributed by atoms with Crippen LogP contribution in [0.15, 0.2) is 18.2 Å². The monoisotopic (exact) mass is 692 g/mol. The van der Waals surface area contributed by atoms with Gasteiger partial charge in [0.15, 0.2) is 5.01 Å². The van der Waals surface area contributed by atoms with Crippen molar-refractivity contribution < 1.29 is 19.2 Å². The van der Waals surface area contributed by atoms with Gasteiger partial charge in [0.25, 0.3) is 0 Å². The molecule has 0 saturated carbocycles. The van der Waals surface area contributed by atoms with Crippen LogP contribution >= 0.6 is 44.7 Å². The van der Waals surface area contributed by atoms with Crippen LogP contribution in [0.25, 0.3) is 10.2 Å². The molecular formula is C29H40N8O4S4. The Morgan fingerprint density at radius 1 is 1.18 bits per heavy atom. The van der Waals surface area contributed by atoms with Crippen LogP contribution in [-0.2, 0) is 14.4 Å². The Morgan fingerprint density at radius 3 is 2.82 bits per heavy atom. The largest absolute Gasteiger partial charge is 0.356 e. The van der Waals surface area contributed by atoms with Crippen LogP contribution in [-0.4, -0.2) is 82.0 Å². The predicted molar refractivity (Wildman–Crippen MR) is 184 cm³/mol. The van der Waals surface area contributed by atoms with E-state index in [9.17, 15) is 19.2 Å². The van der Waals surface area contributed by atoms with E-state index >= 15 is 0 Å². The number of carbonyl (C=O) groups excluding carboxylic acids is 4. The molecule has 5 atom stereocenters. The lowest BCUT2D eigenvalue weighted by Gasteiger charge is -2.21. The van der Waals surface area contributed by atoms with E-state index in [1.807, 2.05) is 24.8 Å². The number of benzene rings is 1. The summed E-state index contributed by atoms with van der Waals surface area (Å²) < 4.78 is 0.777. The van der Waals surface area contributed by atoms with Crippen molar-refractivity contribution in [2.45, 2.75) is 81.3 Å². The molecular weight excluding hydrogens is 653 g/mol. The number of thiazole rings is 1. The Kier molecular flexibility index (Phi) is 13.9. The first kappa shape index (κ1) is 35.1. The molecule has 0 radical (unpaired) electrons. The van der Waals surface area contributed by atoms with Gasteiger partial charge >= 0.3 is 6.03 Å². The second-order valence-corrected chi connectivity index (χ2v) is 16.0. The molecule has 4 rings (SSSR count). The average molecular weight is 693 g/mol. The zero-order valence-corrected chi connectivity index (χ0v) is 28.4. The number of aromatic nitrogens is 1. The lowest BCUT2D eigenvalue weighted by atomic mass is 10.0. The van der Waals surface area contributed by atoms with Crippen molar-refractivity contribution in [1.82, 2.24) is 26.3 Å². The van der Waals surface area contributed by atoms with Gasteiger partial charge in [-0.05, 0) is 50.3 Å². The summed E-state index contributed by atoms with van der Waals surface area (Å²) in [6.07, 6.45) is 4.77. The molecule has 0 bridgehead atoms. The van der Waals surface area contributed by atoms with Crippen LogP contribution in [0.1, 0.15) is 56.9 Å². The van der Waals surface area contributed by atoms with Crippen molar-refractivity contribution in [3.63, 3.8) is 0 Å². The first-order valence-electron chi connectivity index (χ1n) is 15.1. The van der Waals surface area contributed by atoms with Crippen LogP contribution in [0.5, 0.6) is 0 Å². The minimum absolute atomic E-state index is 0.00294. The molecule has 5 amide bonds. The van der Waals surface area contributed by atoms with E-state index < -0.39 is 12.1 Å². The van der Waals surface area contributed by atoms with Gasteiger partial charge in [-0.25, -0.2) is 9.78 Å². The van der Waals surface area contributed by atoms with Gasteiger partial charge < -0.3 is 32.3 Å². The van der Waals surface area contributed by atoms with Gasteiger partial charge in [0.05, 0.1) is 28.3 Å². The number of hydrogen-bond donors (Lipinski definition) is 6. The smallest absolute Gasteiger partial charge is 0.315 e. The summed E-state index contributed by atoms with van der Waals surface area (Å²) in [6, 6.07) is 6.01. The number of nitrogens with zero attached hydrogens (tertiary/aromatic N) is 2. The van der Waals surface area contributed by atoms with Crippen LogP contribution in [0.3, 0.4) is 0 Å². The highest BCUT2D eigenvalue weighted by atomic mass is 33.1. The van der Waals surface area contributed by atoms with Gasteiger partial charge in [0.2, 0.25) is 17.7 Å². The minimum Gasteiger partial charge on any atom is -0.356 e. The molecule has 7 N–H and O–H groups in total. The van der Waals surface area contributed by atoms with Gasteiger partial charge in [0, 0.05) is 41.2 Å². The van der Waals surface area contributed by atoms with Crippen molar-refractivity contribution in [3.8, 4) is 6.07 Å². The van der Waals surface area contributed by atoms with Gasteiger partial charge in [-0.15, -0.1) is 11.3 Å². The standard InChI is InChI=1S/C29H40N8O4S4/c1-2-43-44-15-18(31)27(39)35-20(28(40)33-17-10-11-19-23(13-17)45-25(14-30)34-19)7-5-6-12-32-24(38)9-4-3-8-22-26-21(16-42-22)36-29(41)37-26/h10-11,13,18,20-22,26H,2-9,12,15-16,31H2,1H3,(H,32,38)(H,33,40)(H,35,39)(H2,36,37,41)/t18-,20-,21+,22-,26+/m0/s1. The van der Waals surface area contributed by atoms with Crippen molar-refractivity contribution in [2.75, 3.05) is 29.1 Å². The van der Waals surface area contributed by atoms with Gasteiger partial charge in [-0.1, -0.05) is 34.9 Å². The maximum Gasteiger partial charge on any atom is 0.315 e. The molecule has 45 heavy (non-hydrogen) atoms. The maximum atomic E-state index is 13.3. The van der Waals surface area contributed by atoms with Crippen LogP contribution in [0.2, 0.25) is 0 Å². The fourth-order valence-electron chi connectivity index (χ4n) is 5.17. The molecule has 12 nitrogen and oxygen atoms in total. The second-order valence-electron chi connectivity index (χ2n) is 10.9. The van der Waals surface area contributed by atoms with Gasteiger partial charge in [-0.3, -0.25) is 14.4 Å². The highest BCUT2D eigenvalue weighted by Crippen LogP contribution is 2.33. The summed E-state index contributed by atoms with van der Waals surface area (Å²) in [7, 11) is 3.14. The fourth-order valence-corrected chi connectivity index (χ4v) is 9.31. The third-order valence-electron chi connectivity index (χ3n) is 7.49. The number of nitrogens with two attached hydrogens (primary N) is 1. The molecule has 2 fully saturated rings. The average Bonchev–Trinajstić information content (AvgIpc) is 3.72. The zero-order valence-electron chi connectivity index (χ0n) is 25.1. The summed E-state index contributed by atoms with van der Waals surface area (Å²) in [5.74, 6) is 1.51. The summed E-state index contributed by atoms with van der Waals surface area (Å²) in [6.45, 7) is 2.51. The number of amides is 5. The molecule has 2 aliphatic rings. The molecule has 2 aliphatic heterocycles. The third-order valence-corrected chi connectivity index (χ3v) is 12.4. The van der Waals surface area contributed by atoms with E-state index in [1.165, 1.54) is 22.1 Å². The summed E-state index contributed by atoms with van der Waals surface area (Å²) >= 11 is 3.12. The lowest BCUT2D eigenvalue weighted by Crippen LogP contribution is -2.50. The highest BCUT2D eigenvalue weighted by Gasteiger charge is 2.42. The van der Waals surface area contributed by atoms with E-state index in [0.29, 0.717) is 59.4 Å². The van der Waals surface area contributed by atoms with Crippen molar-refractivity contribution in [1.29, 1.82) is 5.26 Å². The number of rotatable bonds is 18. The van der Waals surface area contributed by atoms with Crippen molar-refractivity contribution >= 4 is 84.3 Å². The molecule has 244 valence electrons. The number of carbonyl (C=O) groups is 4. The topological polar surface area (TPSA) is 191 Å². The number of unbranched alkanes of at least 4 members (excludes halogenated alkanes) is 2. The lowest BCUT2D eigenvalue weighted by molar-refractivity contribution is -0.127. The maximum absolute atomic E-state index is 13.3. The first-order valence-corrected chi connectivity index (χ1v) is 19.5. The third kappa shape index (κ3) is 10.7. The van der Waals surface area contributed by atoms with Crippen LogP contribution in [0, 0.1) is 11.3 Å². The number of nitrogens with one attached hydrogen (secondary N) is 5. The predicted octanol–water partition coefficient (Wildman–Crippen LogP) is 3.33. The van der Waals surface area contributed by atoms with E-state index in [-0.39, 0.29) is 35.8 Å². The Hall–Kier alpha value is -2.71. The minimum atomic E-state index is -0.803.